The van der Waals surface area contributed by atoms with Crippen LogP contribution in [0, 0.1) is 11.6 Å². The molecule has 3 heterocycles. The first kappa shape index (κ1) is 20.3. The summed E-state index contributed by atoms with van der Waals surface area (Å²) >= 11 is 0. The van der Waals surface area contributed by atoms with Crippen molar-refractivity contribution in [3.05, 3.63) is 92.9 Å². The summed E-state index contributed by atoms with van der Waals surface area (Å²) in [4.78, 5) is 31.1. The number of fused-ring (bicyclic) bond motifs is 1. The van der Waals surface area contributed by atoms with Gasteiger partial charge in [0.1, 0.15) is 11.6 Å². The van der Waals surface area contributed by atoms with Crippen molar-refractivity contribution in [2.24, 2.45) is 0 Å². The molecule has 1 saturated heterocycles. The third-order valence-electron chi connectivity index (χ3n) is 5.69. The second-order valence-electron chi connectivity index (χ2n) is 7.78. The van der Waals surface area contributed by atoms with E-state index in [9.17, 15) is 18.4 Å². The molecule has 2 aromatic carbocycles. The van der Waals surface area contributed by atoms with Gasteiger partial charge >= 0.3 is 5.69 Å². The molecule has 1 atom stereocenters. The molecule has 0 radical (unpaired) electrons. The molecule has 0 aliphatic carbocycles. The second-order valence-corrected chi connectivity index (χ2v) is 7.78. The Morgan fingerprint density at radius 2 is 1.84 bits per heavy atom. The summed E-state index contributed by atoms with van der Waals surface area (Å²) in [6.07, 6.45) is 2.77. The molecule has 9 heteroatoms. The Morgan fingerprint density at radius 1 is 1.06 bits per heavy atom. The lowest BCUT2D eigenvalue weighted by atomic mass is 10.2. The predicted octanol–water partition coefficient (Wildman–Crippen LogP) is 2.85. The summed E-state index contributed by atoms with van der Waals surface area (Å²) in [6, 6.07) is 11.6. The van der Waals surface area contributed by atoms with Crippen molar-refractivity contribution in [3.8, 4) is 5.69 Å². The van der Waals surface area contributed by atoms with Crippen molar-refractivity contribution in [2.45, 2.75) is 32.0 Å². The van der Waals surface area contributed by atoms with E-state index in [0.29, 0.717) is 17.9 Å². The molecule has 164 valence electrons. The van der Waals surface area contributed by atoms with Crippen molar-refractivity contribution in [1.82, 2.24) is 18.7 Å². The molecule has 32 heavy (non-hydrogen) atoms. The Balaban J connectivity index is 1.73. The highest BCUT2D eigenvalue weighted by molar-refractivity contribution is 5.72. The van der Waals surface area contributed by atoms with Gasteiger partial charge in [-0.25, -0.2) is 23.1 Å². The largest absolute Gasteiger partial charge is 0.376 e. The molecular weight excluding hydrogens is 418 g/mol. The maximum absolute atomic E-state index is 14.3. The third kappa shape index (κ3) is 3.54. The number of rotatable bonds is 5. The molecule has 0 bridgehead atoms. The van der Waals surface area contributed by atoms with Gasteiger partial charge in [-0.3, -0.25) is 9.36 Å². The molecule has 0 saturated carbocycles. The Hall–Kier alpha value is -3.59. The Labute approximate surface area is 181 Å². The number of hydrogen-bond acceptors (Lipinski definition) is 4. The average Bonchev–Trinajstić information content (AvgIpc) is 3.44. The maximum atomic E-state index is 14.3. The van der Waals surface area contributed by atoms with Crippen molar-refractivity contribution in [3.63, 3.8) is 0 Å². The zero-order valence-corrected chi connectivity index (χ0v) is 17.1. The summed E-state index contributed by atoms with van der Waals surface area (Å²) in [5.74, 6) is -0.850. The number of aromatic nitrogens is 4. The standard InChI is InChI=1S/C23H20F2N4O3/c24-16-7-9-17(10-8-16)29-21-20(22(30)28(23(29)31)13-18-5-3-11-32-18)27(14-26-21)12-15-4-1-2-6-19(15)25/h1-2,4,6-10,14,18H,3,5,11-13H2/t18-/m1/s1. The van der Waals surface area contributed by atoms with Crippen LogP contribution in [0.1, 0.15) is 18.4 Å². The molecule has 2 aromatic heterocycles. The van der Waals surface area contributed by atoms with E-state index in [-0.39, 0.29) is 30.4 Å². The summed E-state index contributed by atoms with van der Waals surface area (Å²) < 4.78 is 37.3. The molecule has 1 aliphatic heterocycles. The van der Waals surface area contributed by atoms with Gasteiger partial charge in [0, 0.05) is 12.2 Å². The van der Waals surface area contributed by atoms with E-state index in [1.807, 2.05) is 0 Å². The van der Waals surface area contributed by atoms with Crippen LogP contribution in [-0.2, 0) is 17.8 Å². The van der Waals surface area contributed by atoms with Crippen LogP contribution in [-0.4, -0.2) is 31.4 Å². The van der Waals surface area contributed by atoms with Crippen LogP contribution in [0.4, 0.5) is 8.78 Å². The fourth-order valence-electron chi connectivity index (χ4n) is 4.09. The molecule has 5 rings (SSSR count). The van der Waals surface area contributed by atoms with E-state index in [0.717, 1.165) is 17.4 Å². The molecule has 0 amide bonds. The quantitative estimate of drug-likeness (QED) is 0.481. The molecule has 1 fully saturated rings. The van der Waals surface area contributed by atoms with Gasteiger partial charge in [0.05, 0.1) is 31.2 Å². The van der Waals surface area contributed by atoms with Crippen molar-refractivity contribution in [1.29, 1.82) is 0 Å². The van der Waals surface area contributed by atoms with E-state index >= 15 is 0 Å². The fraction of sp³-hybridized carbons (Fsp3) is 0.261. The number of imidazole rings is 1. The Morgan fingerprint density at radius 3 is 2.56 bits per heavy atom. The minimum Gasteiger partial charge on any atom is -0.376 e. The van der Waals surface area contributed by atoms with Crippen LogP contribution < -0.4 is 11.2 Å². The van der Waals surface area contributed by atoms with Crippen molar-refractivity contribution >= 4 is 11.2 Å². The van der Waals surface area contributed by atoms with Gasteiger partial charge in [-0.15, -0.1) is 0 Å². The number of halogens is 2. The highest BCUT2D eigenvalue weighted by atomic mass is 19.1. The molecule has 1 aliphatic rings. The maximum Gasteiger partial charge on any atom is 0.337 e. The Bertz CT molecular complexity index is 1400. The summed E-state index contributed by atoms with van der Waals surface area (Å²) in [5, 5.41) is 0. The monoisotopic (exact) mass is 438 g/mol. The molecule has 0 N–H and O–H groups in total. The van der Waals surface area contributed by atoms with Crippen LogP contribution in [0.3, 0.4) is 0 Å². The lowest BCUT2D eigenvalue weighted by molar-refractivity contribution is 0.0950. The Kier molecular flexibility index (Phi) is 5.18. The van der Waals surface area contributed by atoms with Gasteiger partial charge in [0.15, 0.2) is 11.2 Å². The lowest BCUT2D eigenvalue weighted by Crippen LogP contribution is -2.42. The molecule has 0 spiro atoms. The van der Waals surface area contributed by atoms with Gasteiger partial charge in [-0.05, 0) is 43.2 Å². The zero-order valence-electron chi connectivity index (χ0n) is 17.1. The topological polar surface area (TPSA) is 71.0 Å². The first-order valence-electron chi connectivity index (χ1n) is 10.3. The highest BCUT2D eigenvalue weighted by Crippen LogP contribution is 2.18. The van der Waals surface area contributed by atoms with Crippen molar-refractivity contribution in [2.75, 3.05) is 6.61 Å². The first-order valence-corrected chi connectivity index (χ1v) is 10.3. The smallest absolute Gasteiger partial charge is 0.337 e. The molecule has 7 nitrogen and oxygen atoms in total. The minimum atomic E-state index is -0.583. The highest BCUT2D eigenvalue weighted by Gasteiger charge is 2.23. The summed E-state index contributed by atoms with van der Waals surface area (Å²) in [5.41, 5.74) is -0.0507. The van der Waals surface area contributed by atoms with Crippen LogP contribution >= 0.6 is 0 Å². The van der Waals surface area contributed by atoms with Crippen molar-refractivity contribution < 1.29 is 13.5 Å². The number of benzene rings is 2. The van der Waals surface area contributed by atoms with Gasteiger partial charge in [0.2, 0.25) is 0 Å². The third-order valence-corrected chi connectivity index (χ3v) is 5.69. The normalized spacial score (nSPS) is 16.1. The number of ether oxygens (including phenoxy) is 1. The van der Waals surface area contributed by atoms with Crippen LogP contribution in [0.2, 0.25) is 0 Å². The second kappa shape index (κ2) is 8.16. The average molecular weight is 438 g/mol. The summed E-state index contributed by atoms with van der Waals surface area (Å²) in [7, 11) is 0. The van der Waals surface area contributed by atoms with E-state index in [1.54, 1.807) is 18.2 Å². The number of nitrogens with zero attached hydrogens (tertiary/aromatic N) is 4. The van der Waals surface area contributed by atoms with Crippen LogP contribution in [0.15, 0.2) is 64.4 Å². The predicted molar refractivity (Wildman–Crippen MR) is 114 cm³/mol. The molecule has 4 aromatic rings. The van der Waals surface area contributed by atoms with Gasteiger partial charge in [-0.1, -0.05) is 18.2 Å². The fourth-order valence-corrected chi connectivity index (χ4v) is 4.09. The van der Waals surface area contributed by atoms with E-state index in [2.05, 4.69) is 4.98 Å². The summed E-state index contributed by atoms with van der Waals surface area (Å²) in [6.45, 7) is 0.749. The van der Waals surface area contributed by atoms with Gasteiger partial charge in [0.25, 0.3) is 5.56 Å². The SMILES string of the molecule is O=c1c2c(ncn2Cc2ccccc2F)n(-c2ccc(F)cc2)c(=O)n1C[C@H]1CCCO1. The van der Waals surface area contributed by atoms with Crippen LogP contribution in [0.25, 0.3) is 16.9 Å². The minimum absolute atomic E-state index is 0.0694. The van der Waals surface area contributed by atoms with Gasteiger partial charge in [-0.2, -0.15) is 0 Å². The van der Waals surface area contributed by atoms with Crippen LogP contribution in [0.5, 0.6) is 0 Å². The lowest BCUT2D eigenvalue weighted by Gasteiger charge is -2.15. The first-order chi connectivity index (χ1) is 15.5. The number of hydrogen-bond donors (Lipinski definition) is 0. The van der Waals surface area contributed by atoms with E-state index in [4.69, 9.17) is 4.74 Å². The zero-order chi connectivity index (χ0) is 22.2. The molecular formula is C23H20F2N4O3. The molecule has 0 unspecified atom stereocenters. The van der Waals surface area contributed by atoms with E-state index in [1.165, 1.54) is 45.8 Å². The van der Waals surface area contributed by atoms with E-state index < -0.39 is 22.9 Å². The van der Waals surface area contributed by atoms with Gasteiger partial charge < -0.3 is 9.30 Å².